The molecule has 33 heavy (non-hydrogen) atoms. The summed E-state index contributed by atoms with van der Waals surface area (Å²) in [6, 6.07) is 4.27. The fraction of sp³-hybridized carbons (Fsp3) is 0.417. The summed E-state index contributed by atoms with van der Waals surface area (Å²) in [5.74, 6) is -2.12. The number of halogens is 3. The Morgan fingerprint density at radius 1 is 1.09 bits per heavy atom. The van der Waals surface area contributed by atoms with Crippen LogP contribution in [0.2, 0.25) is 0 Å². The van der Waals surface area contributed by atoms with E-state index in [1.165, 1.54) is 10.7 Å². The van der Waals surface area contributed by atoms with Crippen LogP contribution in [0.25, 0.3) is 5.52 Å². The normalized spacial score (nSPS) is 23.3. The van der Waals surface area contributed by atoms with Crippen molar-refractivity contribution in [1.82, 2.24) is 14.9 Å². The number of pyridine rings is 1. The maximum atomic E-state index is 15.8. The van der Waals surface area contributed by atoms with Crippen LogP contribution >= 0.6 is 0 Å². The van der Waals surface area contributed by atoms with Crippen molar-refractivity contribution in [2.45, 2.75) is 56.7 Å². The Bertz CT molecular complexity index is 1190. The summed E-state index contributed by atoms with van der Waals surface area (Å²) >= 11 is 0. The van der Waals surface area contributed by atoms with Gasteiger partial charge in [0.2, 0.25) is 0 Å². The standard InChI is InChI=1S/C24H25F3N4O2/c25-14-3-8-19(26)17(12-14)20-2-1-10-30(20)21-9-11-31-23(22(21)27)18(13-28-31)24(33)29-15-4-6-16(32)7-5-15/h3,8-9,11-13,15-16,20,32H,1-2,4-7,10H2,(H,29,33)/t15-,16-,20-/m1/s1. The molecule has 2 aromatic heterocycles. The molecule has 0 bridgehead atoms. The van der Waals surface area contributed by atoms with Gasteiger partial charge in [0, 0.05) is 24.3 Å². The molecule has 5 rings (SSSR count). The van der Waals surface area contributed by atoms with Crippen LogP contribution in [0.15, 0.2) is 36.7 Å². The quantitative estimate of drug-likeness (QED) is 0.617. The maximum Gasteiger partial charge on any atom is 0.255 e. The van der Waals surface area contributed by atoms with Crippen molar-refractivity contribution in [3.63, 3.8) is 0 Å². The average molecular weight is 458 g/mol. The predicted octanol–water partition coefficient (Wildman–Crippen LogP) is 4.13. The highest BCUT2D eigenvalue weighted by atomic mass is 19.1. The van der Waals surface area contributed by atoms with Gasteiger partial charge in [0.25, 0.3) is 5.91 Å². The smallest absolute Gasteiger partial charge is 0.255 e. The van der Waals surface area contributed by atoms with E-state index in [-0.39, 0.29) is 34.5 Å². The van der Waals surface area contributed by atoms with Crippen molar-refractivity contribution in [2.75, 3.05) is 11.4 Å². The first-order valence-electron chi connectivity index (χ1n) is 11.3. The number of aliphatic hydroxyl groups is 1. The third-order valence-corrected chi connectivity index (χ3v) is 6.76. The molecule has 2 fully saturated rings. The molecule has 2 N–H and O–H groups in total. The van der Waals surface area contributed by atoms with Crippen molar-refractivity contribution >= 4 is 17.1 Å². The number of anilines is 1. The van der Waals surface area contributed by atoms with E-state index in [1.54, 1.807) is 17.2 Å². The monoisotopic (exact) mass is 458 g/mol. The van der Waals surface area contributed by atoms with Crippen LogP contribution in [0, 0.1) is 17.5 Å². The van der Waals surface area contributed by atoms with Gasteiger partial charge in [-0.2, -0.15) is 5.10 Å². The molecule has 6 nitrogen and oxygen atoms in total. The molecular weight excluding hydrogens is 433 g/mol. The summed E-state index contributed by atoms with van der Waals surface area (Å²) in [5, 5.41) is 16.7. The van der Waals surface area contributed by atoms with Crippen molar-refractivity contribution < 1.29 is 23.1 Å². The molecule has 0 radical (unpaired) electrons. The first-order valence-corrected chi connectivity index (χ1v) is 11.3. The number of fused-ring (bicyclic) bond motifs is 1. The second kappa shape index (κ2) is 8.70. The van der Waals surface area contributed by atoms with Gasteiger partial charge in [-0.3, -0.25) is 4.79 Å². The van der Waals surface area contributed by atoms with Gasteiger partial charge in [-0.15, -0.1) is 0 Å². The van der Waals surface area contributed by atoms with Crippen molar-refractivity contribution in [3.8, 4) is 0 Å². The minimum absolute atomic E-state index is 0.0474. The van der Waals surface area contributed by atoms with E-state index in [4.69, 9.17) is 0 Å². The molecule has 3 aromatic rings. The number of carbonyl (C=O) groups is 1. The Balaban J connectivity index is 1.47. The zero-order chi connectivity index (χ0) is 23.1. The van der Waals surface area contributed by atoms with Gasteiger partial charge in [0.05, 0.1) is 29.6 Å². The second-order valence-corrected chi connectivity index (χ2v) is 8.86. The fourth-order valence-electron chi connectivity index (χ4n) is 5.05. The Morgan fingerprint density at radius 2 is 1.88 bits per heavy atom. The Morgan fingerprint density at radius 3 is 2.67 bits per heavy atom. The molecule has 1 saturated heterocycles. The third kappa shape index (κ3) is 4.06. The summed E-state index contributed by atoms with van der Waals surface area (Å²) in [6.45, 7) is 0.480. The number of nitrogens with zero attached hydrogens (tertiary/aromatic N) is 3. The van der Waals surface area contributed by atoms with E-state index in [1.807, 2.05) is 0 Å². The van der Waals surface area contributed by atoms with E-state index in [0.717, 1.165) is 18.2 Å². The molecule has 1 saturated carbocycles. The Kier molecular flexibility index (Phi) is 5.74. The number of benzene rings is 1. The molecule has 3 heterocycles. The topological polar surface area (TPSA) is 69.9 Å². The summed E-state index contributed by atoms with van der Waals surface area (Å²) < 4.78 is 45.4. The molecular formula is C24H25F3N4O2. The second-order valence-electron chi connectivity index (χ2n) is 8.86. The fourth-order valence-corrected chi connectivity index (χ4v) is 5.05. The Labute approximate surface area is 189 Å². The number of nitrogens with one attached hydrogen (secondary N) is 1. The van der Waals surface area contributed by atoms with Gasteiger partial charge in [0.15, 0.2) is 5.82 Å². The largest absolute Gasteiger partial charge is 0.393 e. The van der Waals surface area contributed by atoms with E-state index in [0.29, 0.717) is 45.1 Å². The highest BCUT2D eigenvalue weighted by Gasteiger charge is 2.32. The number of carbonyl (C=O) groups excluding carboxylic acids is 1. The molecule has 1 aliphatic carbocycles. The van der Waals surface area contributed by atoms with Crippen LogP contribution in [-0.2, 0) is 0 Å². The number of hydrogen-bond donors (Lipinski definition) is 2. The van der Waals surface area contributed by atoms with E-state index in [2.05, 4.69) is 10.4 Å². The number of aromatic nitrogens is 2. The molecule has 9 heteroatoms. The summed E-state index contributed by atoms with van der Waals surface area (Å²) in [5.41, 5.74) is 0.584. The third-order valence-electron chi connectivity index (χ3n) is 6.76. The highest BCUT2D eigenvalue weighted by molar-refractivity contribution is 6.01. The molecule has 0 unspecified atom stereocenters. The maximum absolute atomic E-state index is 15.8. The van der Waals surface area contributed by atoms with Crippen LogP contribution in [-0.4, -0.2) is 39.3 Å². The highest BCUT2D eigenvalue weighted by Crippen LogP contribution is 2.39. The molecule has 1 aromatic carbocycles. The van der Waals surface area contributed by atoms with Crippen molar-refractivity contribution in [2.24, 2.45) is 0 Å². The SMILES string of the molecule is O=C(N[C@H]1CC[C@H](O)CC1)c1cnn2ccc(N3CCC[C@@H]3c3cc(F)ccc3F)c(F)c12. The zero-order valence-electron chi connectivity index (χ0n) is 18.0. The van der Waals surface area contributed by atoms with Crippen LogP contribution < -0.4 is 10.2 Å². The summed E-state index contributed by atoms with van der Waals surface area (Å²) in [4.78, 5) is 14.7. The van der Waals surface area contributed by atoms with Gasteiger partial charge < -0.3 is 15.3 Å². The average Bonchev–Trinajstić information content (AvgIpc) is 3.45. The van der Waals surface area contributed by atoms with Crippen molar-refractivity contribution in [1.29, 1.82) is 0 Å². The van der Waals surface area contributed by atoms with Crippen LogP contribution in [0.5, 0.6) is 0 Å². The molecule has 1 amide bonds. The lowest BCUT2D eigenvalue weighted by atomic mass is 9.93. The van der Waals surface area contributed by atoms with Gasteiger partial charge in [0.1, 0.15) is 17.2 Å². The predicted molar refractivity (Wildman–Crippen MR) is 117 cm³/mol. The van der Waals surface area contributed by atoms with Gasteiger partial charge >= 0.3 is 0 Å². The lowest BCUT2D eigenvalue weighted by Crippen LogP contribution is -2.38. The summed E-state index contributed by atoms with van der Waals surface area (Å²) in [7, 11) is 0. The summed E-state index contributed by atoms with van der Waals surface area (Å²) in [6.07, 6.45) is 6.38. The Hall–Kier alpha value is -3.07. The molecule has 174 valence electrons. The lowest BCUT2D eigenvalue weighted by molar-refractivity contribution is 0.0869. The van der Waals surface area contributed by atoms with E-state index < -0.39 is 29.4 Å². The first kappa shape index (κ1) is 21.8. The zero-order valence-corrected chi connectivity index (χ0v) is 18.0. The van der Waals surface area contributed by atoms with Gasteiger partial charge in [-0.05, 0) is 62.8 Å². The van der Waals surface area contributed by atoms with Gasteiger partial charge in [-0.25, -0.2) is 17.7 Å². The minimum Gasteiger partial charge on any atom is -0.393 e. The van der Waals surface area contributed by atoms with Crippen LogP contribution in [0.4, 0.5) is 18.9 Å². The van der Waals surface area contributed by atoms with Crippen molar-refractivity contribution in [3.05, 3.63) is 65.2 Å². The number of aliphatic hydroxyl groups excluding tert-OH is 1. The van der Waals surface area contributed by atoms with Gasteiger partial charge in [-0.1, -0.05) is 0 Å². The molecule has 2 aliphatic rings. The van der Waals surface area contributed by atoms with E-state index in [9.17, 15) is 18.7 Å². The first-order chi connectivity index (χ1) is 15.9. The molecule has 1 atom stereocenters. The number of rotatable bonds is 4. The van der Waals surface area contributed by atoms with Crippen LogP contribution in [0.3, 0.4) is 0 Å². The molecule has 0 spiro atoms. The minimum atomic E-state index is -0.622. The number of hydrogen-bond acceptors (Lipinski definition) is 4. The van der Waals surface area contributed by atoms with E-state index >= 15 is 4.39 Å². The number of amides is 1. The molecule has 1 aliphatic heterocycles. The lowest BCUT2D eigenvalue weighted by Gasteiger charge is -2.28. The van der Waals surface area contributed by atoms with Crippen LogP contribution in [0.1, 0.15) is 60.5 Å².